The van der Waals surface area contributed by atoms with Gasteiger partial charge in [0.15, 0.2) is 0 Å². The molecular formula is C13H28N2O. The fourth-order valence-corrected chi connectivity index (χ4v) is 2.67. The molecule has 0 amide bonds. The quantitative estimate of drug-likeness (QED) is 0.796. The van der Waals surface area contributed by atoms with Crippen molar-refractivity contribution in [3.05, 3.63) is 0 Å². The van der Waals surface area contributed by atoms with Crippen molar-refractivity contribution in [3.63, 3.8) is 0 Å². The molecule has 0 spiro atoms. The van der Waals surface area contributed by atoms with Crippen LogP contribution >= 0.6 is 0 Å². The third-order valence-electron chi connectivity index (χ3n) is 3.34. The van der Waals surface area contributed by atoms with Crippen LogP contribution in [-0.2, 0) is 4.74 Å². The molecule has 0 aromatic heterocycles. The van der Waals surface area contributed by atoms with Crippen LogP contribution < -0.4 is 5.73 Å². The minimum Gasteiger partial charge on any atom is -0.381 e. The van der Waals surface area contributed by atoms with E-state index in [1.54, 1.807) is 0 Å². The third-order valence-corrected chi connectivity index (χ3v) is 3.34. The van der Waals surface area contributed by atoms with Gasteiger partial charge in [0.05, 0.1) is 0 Å². The summed E-state index contributed by atoms with van der Waals surface area (Å²) in [5.74, 6) is 0. The zero-order chi connectivity index (χ0) is 12.2. The molecule has 1 heterocycles. The molecule has 0 aliphatic carbocycles. The Hall–Kier alpha value is -0.120. The van der Waals surface area contributed by atoms with Crippen LogP contribution in [0.5, 0.6) is 0 Å². The van der Waals surface area contributed by atoms with Gasteiger partial charge in [0, 0.05) is 26.3 Å². The SMILES string of the molecule is CN(CC(C)(C)C)CC1(CN)CCOCC1. The first-order valence-corrected chi connectivity index (χ1v) is 6.33. The molecule has 1 saturated heterocycles. The van der Waals surface area contributed by atoms with Gasteiger partial charge in [0.25, 0.3) is 0 Å². The standard InChI is InChI=1S/C13H28N2O/c1-12(2,3)10-15(4)11-13(9-14)5-7-16-8-6-13/h5-11,14H2,1-4H3. The Morgan fingerprint density at radius 3 is 2.25 bits per heavy atom. The van der Waals surface area contributed by atoms with Gasteiger partial charge in [-0.3, -0.25) is 0 Å². The normalized spacial score (nSPS) is 21.4. The average Bonchev–Trinajstić information content (AvgIpc) is 2.16. The summed E-state index contributed by atoms with van der Waals surface area (Å²) >= 11 is 0. The maximum atomic E-state index is 5.97. The number of hydrogen-bond acceptors (Lipinski definition) is 3. The molecule has 3 heteroatoms. The molecule has 16 heavy (non-hydrogen) atoms. The Kier molecular flexibility index (Phi) is 4.77. The van der Waals surface area contributed by atoms with E-state index in [4.69, 9.17) is 10.5 Å². The molecule has 96 valence electrons. The molecule has 2 N–H and O–H groups in total. The summed E-state index contributed by atoms with van der Waals surface area (Å²) in [6, 6.07) is 0. The monoisotopic (exact) mass is 228 g/mol. The highest BCUT2D eigenvalue weighted by Crippen LogP contribution is 2.30. The van der Waals surface area contributed by atoms with E-state index >= 15 is 0 Å². The van der Waals surface area contributed by atoms with Gasteiger partial charge >= 0.3 is 0 Å². The first-order valence-electron chi connectivity index (χ1n) is 6.33. The minimum absolute atomic E-state index is 0.290. The van der Waals surface area contributed by atoms with Crippen molar-refractivity contribution < 1.29 is 4.74 Å². The molecule has 1 aliphatic heterocycles. The Morgan fingerprint density at radius 2 is 1.81 bits per heavy atom. The fourth-order valence-electron chi connectivity index (χ4n) is 2.67. The van der Waals surface area contributed by atoms with Crippen molar-refractivity contribution in [2.75, 3.05) is 39.9 Å². The number of rotatable bonds is 4. The Labute approximate surface area is 100 Å². The van der Waals surface area contributed by atoms with Crippen molar-refractivity contribution in [3.8, 4) is 0 Å². The lowest BCUT2D eigenvalue weighted by Crippen LogP contribution is -2.46. The highest BCUT2D eigenvalue weighted by atomic mass is 16.5. The second-order valence-corrected chi connectivity index (χ2v) is 6.55. The highest BCUT2D eigenvalue weighted by molar-refractivity contribution is 4.86. The van der Waals surface area contributed by atoms with E-state index in [2.05, 4.69) is 32.7 Å². The smallest absolute Gasteiger partial charge is 0.0472 e. The van der Waals surface area contributed by atoms with Gasteiger partial charge in [0.2, 0.25) is 0 Å². The predicted octanol–water partition coefficient (Wildman–Crippen LogP) is 1.72. The molecule has 3 nitrogen and oxygen atoms in total. The van der Waals surface area contributed by atoms with Crippen molar-refractivity contribution in [1.82, 2.24) is 4.90 Å². The largest absolute Gasteiger partial charge is 0.381 e. The Balaban J connectivity index is 2.48. The lowest BCUT2D eigenvalue weighted by atomic mass is 9.79. The minimum atomic E-state index is 0.290. The van der Waals surface area contributed by atoms with Gasteiger partial charge in [-0.25, -0.2) is 0 Å². The highest BCUT2D eigenvalue weighted by Gasteiger charge is 2.32. The van der Waals surface area contributed by atoms with Crippen LogP contribution in [0.4, 0.5) is 0 Å². The van der Waals surface area contributed by atoms with Crippen LogP contribution in [0.2, 0.25) is 0 Å². The number of hydrogen-bond donors (Lipinski definition) is 1. The summed E-state index contributed by atoms with van der Waals surface area (Å²) in [6.45, 7) is 11.6. The average molecular weight is 228 g/mol. The van der Waals surface area contributed by atoms with Crippen molar-refractivity contribution in [1.29, 1.82) is 0 Å². The summed E-state index contributed by atoms with van der Waals surface area (Å²) in [7, 11) is 2.21. The molecule has 0 unspecified atom stereocenters. The third kappa shape index (κ3) is 4.40. The van der Waals surface area contributed by atoms with Gasteiger partial charge < -0.3 is 15.4 Å². The molecule has 1 aliphatic rings. The van der Waals surface area contributed by atoms with Crippen LogP contribution in [0.1, 0.15) is 33.6 Å². The van der Waals surface area contributed by atoms with Crippen LogP contribution in [0.15, 0.2) is 0 Å². The molecule has 0 atom stereocenters. The zero-order valence-corrected chi connectivity index (χ0v) is 11.4. The lowest BCUT2D eigenvalue weighted by Gasteiger charge is -2.40. The summed E-state index contributed by atoms with van der Waals surface area (Å²) in [5.41, 5.74) is 6.61. The van der Waals surface area contributed by atoms with E-state index in [1.165, 1.54) is 0 Å². The maximum absolute atomic E-state index is 5.97. The first kappa shape index (κ1) is 13.9. The topological polar surface area (TPSA) is 38.5 Å². The Morgan fingerprint density at radius 1 is 1.25 bits per heavy atom. The van der Waals surface area contributed by atoms with Crippen molar-refractivity contribution >= 4 is 0 Å². The Bertz CT molecular complexity index is 204. The first-order chi connectivity index (χ1) is 7.37. The van der Waals surface area contributed by atoms with E-state index in [-0.39, 0.29) is 5.41 Å². The van der Waals surface area contributed by atoms with E-state index in [0.717, 1.165) is 45.7 Å². The number of ether oxygens (including phenoxy) is 1. The van der Waals surface area contributed by atoms with Gasteiger partial charge in [-0.05, 0) is 37.3 Å². The molecule has 1 rings (SSSR count). The van der Waals surface area contributed by atoms with Crippen LogP contribution in [0, 0.1) is 10.8 Å². The fraction of sp³-hybridized carbons (Fsp3) is 1.00. The van der Waals surface area contributed by atoms with Gasteiger partial charge in [-0.15, -0.1) is 0 Å². The summed E-state index contributed by atoms with van der Waals surface area (Å²) in [4.78, 5) is 2.43. The van der Waals surface area contributed by atoms with E-state index in [9.17, 15) is 0 Å². The van der Waals surface area contributed by atoms with E-state index < -0.39 is 0 Å². The molecule has 0 radical (unpaired) electrons. The van der Waals surface area contributed by atoms with E-state index in [0.29, 0.717) is 5.41 Å². The van der Waals surface area contributed by atoms with Gasteiger partial charge in [-0.1, -0.05) is 20.8 Å². The van der Waals surface area contributed by atoms with Crippen LogP contribution in [0.25, 0.3) is 0 Å². The summed E-state index contributed by atoms with van der Waals surface area (Å²) in [5, 5.41) is 0. The maximum Gasteiger partial charge on any atom is 0.0472 e. The molecule has 0 bridgehead atoms. The van der Waals surface area contributed by atoms with Gasteiger partial charge in [-0.2, -0.15) is 0 Å². The second-order valence-electron chi connectivity index (χ2n) is 6.55. The van der Waals surface area contributed by atoms with Crippen LogP contribution in [0.3, 0.4) is 0 Å². The number of nitrogens with zero attached hydrogens (tertiary/aromatic N) is 1. The number of nitrogens with two attached hydrogens (primary N) is 1. The van der Waals surface area contributed by atoms with Gasteiger partial charge in [0.1, 0.15) is 0 Å². The molecular weight excluding hydrogens is 200 g/mol. The molecule has 0 saturated carbocycles. The van der Waals surface area contributed by atoms with Crippen molar-refractivity contribution in [2.45, 2.75) is 33.6 Å². The molecule has 1 fully saturated rings. The second kappa shape index (κ2) is 5.48. The summed E-state index contributed by atoms with van der Waals surface area (Å²) < 4.78 is 5.43. The van der Waals surface area contributed by atoms with Crippen molar-refractivity contribution in [2.24, 2.45) is 16.6 Å². The lowest BCUT2D eigenvalue weighted by molar-refractivity contribution is -0.0000489. The summed E-state index contributed by atoms with van der Waals surface area (Å²) in [6.07, 6.45) is 2.22. The zero-order valence-electron chi connectivity index (χ0n) is 11.4. The van der Waals surface area contributed by atoms with Crippen LogP contribution in [-0.4, -0.2) is 44.8 Å². The molecule has 0 aromatic carbocycles. The molecule has 0 aromatic rings. The predicted molar refractivity (Wildman–Crippen MR) is 68.5 cm³/mol. The van der Waals surface area contributed by atoms with E-state index in [1.807, 2.05) is 0 Å².